The number of nitrogens with zero attached hydrogens (tertiary/aromatic N) is 1. The van der Waals surface area contributed by atoms with E-state index in [9.17, 15) is 14.4 Å². The third-order valence-electron chi connectivity index (χ3n) is 5.65. The van der Waals surface area contributed by atoms with Gasteiger partial charge in [-0.3, -0.25) is 14.5 Å². The van der Waals surface area contributed by atoms with E-state index in [2.05, 4.69) is 5.32 Å². The number of hydrogen-bond acceptors (Lipinski definition) is 4. The van der Waals surface area contributed by atoms with Crippen molar-refractivity contribution in [3.05, 3.63) is 57.0 Å². The van der Waals surface area contributed by atoms with Gasteiger partial charge in [0.25, 0.3) is 5.91 Å². The van der Waals surface area contributed by atoms with E-state index in [1.165, 1.54) is 11.8 Å². The molecule has 2 aromatic rings. The Hall–Kier alpha value is -2.89. The second kappa shape index (κ2) is 6.62. The number of aryl methyl sites for hydroxylation is 4. The monoisotopic (exact) mass is 382 g/mol. The minimum Gasteiger partial charge on any atom is -0.466 e. The largest absolute Gasteiger partial charge is 0.466 e. The summed E-state index contributed by atoms with van der Waals surface area (Å²) < 4.78 is 5.56. The molecule has 148 valence electrons. The number of carbonyl (C=O) groups excluding carboxylic acids is 3. The number of amides is 3. The fourth-order valence-corrected chi connectivity index (χ4v) is 4.32. The van der Waals surface area contributed by atoms with Gasteiger partial charge in [0.15, 0.2) is 5.78 Å². The Morgan fingerprint density at radius 1 is 1.11 bits per heavy atom. The highest BCUT2D eigenvalue weighted by Crippen LogP contribution is 2.34. The van der Waals surface area contributed by atoms with Crippen molar-refractivity contribution in [2.24, 2.45) is 0 Å². The summed E-state index contributed by atoms with van der Waals surface area (Å²) in [5.74, 6) is 0.940. The first-order valence-electron chi connectivity index (χ1n) is 9.29. The standard InChI is InChI=1S/C22H26N2O4/c1-11-8-12(2)19(15(5)25)14(4)17(11)10-24-20(26)22(7,23-21(24)27)18-9-13(3)28-16(18)6/h8-9H,10H2,1-7H3,(H,23,27)/t22-/m0/s1. The molecule has 3 amide bonds. The second-order valence-corrected chi connectivity index (χ2v) is 7.82. The topological polar surface area (TPSA) is 79.6 Å². The van der Waals surface area contributed by atoms with Crippen molar-refractivity contribution in [2.75, 3.05) is 0 Å². The molecule has 1 aromatic carbocycles. The zero-order valence-corrected chi connectivity index (χ0v) is 17.4. The van der Waals surface area contributed by atoms with Crippen LogP contribution in [0.15, 0.2) is 16.5 Å². The molecule has 0 aliphatic carbocycles. The summed E-state index contributed by atoms with van der Waals surface area (Å²) in [6, 6.07) is 3.27. The molecular formula is C22H26N2O4. The maximum Gasteiger partial charge on any atom is 0.325 e. The van der Waals surface area contributed by atoms with Crippen molar-refractivity contribution in [3.63, 3.8) is 0 Å². The quantitative estimate of drug-likeness (QED) is 0.640. The minimum atomic E-state index is -1.17. The van der Waals surface area contributed by atoms with Gasteiger partial charge >= 0.3 is 6.03 Å². The highest BCUT2D eigenvalue weighted by Gasteiger charge is 2.50. The molecule has 1 fully saturated rings. The number of furan rings is 1. The number of Topliss-reactive ketones (excluding diaryl/α,β-unsaturated/α-hetero) is 1. The van der Waals surface area contributed by atoms with Gasteiger partial charge in [0.1, 0.15) is 17.1 Å². The van der Waals surface area contributed by atoms with Crippen LogP contribution in [0.3, 0.4) is 0 Å². The number of rotatable bonds is 4. The summed E-state index contributed by atoms with van der Waals surface area (Å²) in [6.07, 6.45) is 0. The van der Waals surface area contributed by atoms with Crippen molar-refractivity contribution in [2.45, 2.75) is 60.5 Å². The number of carbonyl (C=O) groups is 3. The Morgan fingerprint density at radius 3 is 2.29 bits per heavy atom. The smallest absolute Gasteiger partial charge is 0.325 e. The van der Waals surface area contributed by atoms with Crippen molar-refractivity contribution in [1.29, 1.82) is 0 Å². The van der Waals surface area contributed by atoms with Gasteiger partial charge in [-0.2, -0.15) is 0 Å². The summed E-state index contributed by atoms with van der Waals surface area (Å²) in [5, 5.41) is 2.82. The summed E-state index contributed by atoms with van der Waals surface area (Å²) in [5.41, 5.74) is 3.62. The summed E-state index contributed by atoms with van der Waals surface area (Å²) in [4.78, 5) is 39.2. The third kappa shape index (κ3) is 2.93. The highest BCUT2D eigenvalue weighted by molar-refractivity contribution is 6.07. The summed E-state index contributed by atoms with van der Waals surface area (Å²) >= 11 is 0. The molecule has 6 heteroatoms. The third-order valence-corrected chi connectivity index (χ3v) is 5.65. The van der Waals surface area contributed by atoms with Crippen molar-refractivity contribution >= 4 is 17.7 Å². The van der Waals surface area contributed by atoms with Crippen molar-refractivity contribution in [3.8, 4) is 0 Å². The zero-order valence-electron chi connectivity index (χ0n) is 17.4. The molecule has 1 aliphatic rings. The molecule has 6 nitrogen and oxygen atoms in total. The molecule has 0 unspecified atom stereocenters. The number of nitrogens with one attached hydrogen (secondary N) is 1. The van der Waals surface area contributed by atoms with Gasteiger partial charge in [0.2, 0.25) is 0 Å². The average molecular weight is 382 g/mol. The lowest BCUT2D eigenvalue weighted by atomic mass is 9.90. The Labute approximate surface area is 164 Å². The molecule has 0 saturated carbocycles. The Morgan fingerprint density at radius 2 is 1.75 bits per heavy atom. The average Bonchev–Trinajstić information content (AvgIpc) is 3.01. The van der Waals surface area contributed by atoms with Crippen LogP contribution >= 0.6 is 0 Å². The van der Waals surface area contributed by atoms with E-state index < -0.39 is 11.6 Å². The Kier molecular flexibility index (Phi) is 4.69. The van der Waals surface area contributed by atoms with Crippen LogP contribution in [0.5, 0.6) is 0 Å². The maximum absolute atomic E-state index is 13.2. The van der Waals surface area contributed by atoms with E-state index in [1.54, 1.807) is 26.8 Å². The van der Waals surface area contributed by atoms with Gasteiger partial charge in [0.05, 0.1) is 6.54 Å². The highest BCUT2D eigenvalue weighted by atomic mass is 16.3. The van der Waals surface area contributed by atoms with E-state index >= 15 is 0 Å². The lowest BCUT2D eigenvalue weighted by molar-refractivity contribution is -0.131. The number of benzene rings is 1. The van der Waals surface area contributed by atoms with Crippen molar-refractivity contribution in [1.82, 2.24) is 10.2 Å². The van der Waals surface area contributed by atoms with E-state index in [-0.39, 0.29) is 18.2 Å². The van der Waals surface area contributed by atoms with Crippen LogP contribution in [0.1, 0.15) is 63.5 Å². The molecule has 0 radical (unpaired) electrons. The predicted octanol–water partition coefficient (Wildman–Crippen LogP) is 3.99. The number of hydrogen-bond donors (Lipinski definition) is 1. The molecule has 3 rings (SSSR count). The normalized spacial score (nSPS) is 19.3. The zero-order chi connectivity index (χ0) is 21.0. The molecule has 0 spiro atoms. The fraction of sp³-hybridized carbons (Fsp3) is 0.409. The number of imide groups is 1. The first-order chi connectivity index (χ1) is 13.0. The first-order valence-corrected chi connectivity index (χ1v) is 9.29. The van der Waals surface area contributed by atoms with Gasteiger partial charge in [-0.05, 0) is 76.8 Å². The van der Waals surface area contributed by atoms with Gasteiger partial charge in [-0.1, -0.05) is 6.07 Å². The summed E-state index contributed by atoms with van der Waals surface area (Å²) in [6.45, 7) is 12.6. The van der Waals surface area contributed by atoms with Crippen molar-refractivity contribution < 1.29 is 18.8 Å². The van der Waals surface area contributed by atoms with Crippen LogP contribution in [0.2, 0.25) is 0 Å². The van der Waals surface area contributed by atoms with Crippen LogP contribution in [0.4, 0.5) is 4.79 Å². The molecule has 1 atom stereocenters. The van der Waals surface area contributed by atoms with Crippen LogP contribution in [0.25, 0.3) is 0 Å². The lowest BCUT2D eigenvalue weighted by Gasteiger charge is -2.22. The first kappa shape index (κ1) is 19.9. The molecule has 1 aromatic heterocycles. The minimum absolute atomic E-state index is 0.0252. The van der Waals surface area contributed by atoms with E-state index in [4.69, 9.17) is 4.42 Å². The maximum atomic E-state index is 13.2. The van der Waals surface area contributed by atoms with Gasteiger partial charge in [0, 0.05) is 11.1 Å². The van der Waals surface area contributed by atoms with Gasteiger partial charge in [-0.25, -0.2) is 4.79 Å². The molecule has 28 heavy (non-hydrogen) atoms. The van der Waals surface area contributed by atoms with E-state index in [1.807, 2.05) is 26.8 Å². The predicted molar refractivity (Wildman–Crippen MR) is 105 cm³/mol. The van der Waals surface area contributed by atoms with Gasteiger partial charge in [-0.15, -0.1) is 0 Å². The second-order valence-electron chi connectivity index (χ2n) is 7.82. The Balaban J connectivity index is 2.02. The van der Waals surface area contributed by atoms with E-state index in [0.717, 1.165) is 22.3 Å². The SMILES string of the molecule is CC(=O)c1c(C)cc(C)c(CN2C(=O)N[C@@](C)(c3cc(C)oc3C)C2=O)c1C. The molecule has 1 aliphatic heterocycles. The molecule has 1 saturated heterocycles. The van der Waals surface area contributed by atoms with Crippen LogP contribution in [-0.4, -0.2) is 22.6 Å². The molecule has 1 N–H and O–H groups in total. The molecule has 2 heterocycles. The summed E-state index contributed by atoms with van der Waals surface area (Å²) in [7, 11) is 0. The van der Waals surface area contributed by atoms with Crippen LogP contribution in [0, 0.1) is 34.6 Å². The lowest BCUT2D eigenvalue weighted by Crippen LogP contribution is -2.41. The van der Waals surface area contributed by atoms with E-state index in [0.29, 0.717) is 22.6 Å². The number of urea groups is 1. The molecular weight excluding hydrogens is 356 g/mol. The Bertz CT molecular complexity index is 1020. The van der Waals surface area contributed by atoms with Gasteiger partial charge < -0.3 is 9.73 Å². The number of ketones is 1. The van der Waals surface area contributed by atoms with Crippen LogP contribution < -0.4 is 5.32 Å². The molecule has 0 bridgehead atoms. The van der Waals surface area contributed by atoms with Crippen LogP contribution in [-0.2, 0) is 16.9 Å². The fourth-order valence-electron chi connectivity index (χ4n) is 4.32.